The molecule has 0 unspecified atom stereocenters. The van der Waals surface area contributed by atoms with Crippen LogP contribution < -0.4 is 0 Å². The van der Waals surface area contributed by atoms with E-state index >= 15 is 0 Å². The van der Waals surface area contributed by atoms with E-state index in [2.05, 4.69) is 80.2 Å². The Morgan fingerprint density at radius 2 is 1.81 bits per heavy atom. The van der Waals surface area contributed by atoms with Gasteiger partial charge in [0, 0.05) is 39.7 Å². The van der Waals surface area contributed by atoms with Gasteiger partial charge in [0.1, 0.15) is 0 Å². The molecular formula is C18H13BrN2. The fourth-order valence-corrected chi connectivity index (χ4v) is 3.29. The molecule has 0 fully saturated rings. The third-order valence-corrected chi connectivity index (χ3v) is 4.53. The van der Waals surface area contributed by atoms with Gasteiger partial charge in [-0.25, -0.2) is 0 Å². The van der Waals surface area contributed by atoms with Gasteiger partial charge in [-0.15, -0.1) is 0 Å². The van der Waals surface area contributed by atoms with Crippen LogP contribution in [0.4, 0.5) is 0 Å². The van der Waals surface area contributed by atoms with Crippen LogP contribution in [0.2, 0.25) is 0 Å². The molecule has 21 heavy (non-hydrogen) atoms. The number of rotatable bonds is 2. The van der Waals surface area contributed by atoms with Crippen LogP contribution in [0.3, 0.4) is 0 Å². The first kappa shape index (κ1) is 12.6. The van der Waals surface area contributed by atoms with Crippen molar-refractivity contribution in [2.75, 3.05) is 0 Å². The highest BCUT2D eigenvalue weighted by atomic mass is 79.9. The number of hydrogen-bond donors (Lipinski definition) is 0. The van der Waals surface area contributed by atoms with Gasteiger partial charge >= 0.3 is 0 Å². The molecule has 0 spiro atoms. The molecule has 0 amide bonds. The summed E-state index contributed by atoms with van der Waals surface area (Å²) in [7, 11) is 0. The van der Waals surface area contributed by atoms with Crippen molar-refractivity contribution in [1.29, 1.82) is 0 Å². The van der Waals surface area contributed by atoms with Gasteiger partial charge in [0.05, 0.1) is 5.52 Å². The third kappa shape index (κ3) is 2.14. The Bertz CT molecular complexity index is 935. The predicted octanol–water partition coefficient (Wildman–Crippen LogP) is 5.00. The van der Waals surface area contributed by atoms with Crippen LogP contribution in [-0.4, -0.2) is 9.55 Å². The molecule has 2 heterocycles. The van der Waals surface area contributed by atoms with Crippen molar-refractivity contribution in [3.8, 4) is 0 Å². The van der Waals surface area contributed by atoms with E-state index in [1.807, 2.05) is 12.3 Å². The minimum atomic E-state index is 0.850. The summed E-state index contributed by atoms with van der Waals surface area (Å²) < 4.78 is 3.42. The highest BCUT2D eigenvalue weighted by molar-refractivity contribution is 9.10. The van der Waals surface area contributed by atoms with E-state index in [1.165, 1.54) is 21.9 Å². The zero-order valence-electron chi connectivity index (χ0n) is 11.3. The minimum absolute atomic E-state index is 0.850. The van der Waals surface area contributed by atoms with Gasteiger partial charge in [0.25, 0.3) is 0 Å². The number of aromatic nitrogens is 2. The third-order valence-electron chi connectivity index (χ3n) is 3.84. The fourth-order valence-electron chi connectivity index (χ4n) is 2.80. The quantitative estimate of drug-likeness (QED) is 0.503. The highest BCUT2D eigenvalue weighted by Crippen LogP contribution is 2.26. The molecule has 3 heteroatoms. The summed E-state index contributed by atoms with van der Waals surface area (Å²) >= 11 is 3.61. The Hall–Kier alpha value is -2.13. The first-order valence-electron chi connectivity index (χ1n) is 6.89. The first-order chi connectivity index (χ1) is 10.3. The maximum atomic E-state index is 4.43. The lowest BCUT2D eigenvalue weighted by Crippen LogP contribution is -1.99. The van der Waals surface area contributed by atoms with Crippen molar-refractivity contribution in [1.82, 2.24) is 9.55 Å². The summed E-state index contributed by atoms with van der Waals surface area (Å²) in [5.41, 5.74) is 3.58. The molecule has 0 aliphatic carbocycles. The first-order valence-corrected chi connectivity index (χ1v) is 7.68. The van der Waals surface area contributed by atoms with Gasteiger partial charge in [-0.1, -0.05) is 40.2 Å². The van der Waals surface area contributed by atoms with Gasteiger partial charge in [0.2, 0.25) is 0 Å². The van der Waals surface area contributed by atoms with Crippen LogP contribution in [0.5, 0.6) is 0 Å². The second-order valence-electron chi connectivity index (χ2n) is 5.10. The second-order valence-corrected chi connectivity index (χ2v) is 5.96. The van der Waals surface area contributed by atoms with Crippen molar-refractivity contribution in [3.63, 3.8) is 0 Å². The van der Waals surface area contributed by atoms with E-state index in [-0.39, 0.29) is 0 Å². The van der Waals surface area contributed by atoms with Crippen molar-refractivity contribution in [2.24, 2.45) is 0 Å². The largest absolute Gasteiger partial charge is 0.343 e. The average Bonchev–Trinajstić information content (AvgIpc) is 2.92. The molecule has 0 saturated carbocycles. The second kappa shape index (κ2) is 5.01. The van der Waals surface area contributed by atoms with Gasteiger partial charge in [0.15, 0.2) is 0 Å². The topological polar surface area (TPSA) is 17.8 Å². The van der Waals surface area contributed by atoms with Crippen LogP contribution in [0.25, 0.3) is 21.8 Å². The number of halogens is 1. The zero-order chi connectivity index (χ0) is 14.2. The van der Waals surface area contributed by atoms with Crippen molar-refractivity contribution in [2.45, 2.75) is 6.54 Å². The summed E-state index contributed by atoms with van der Waals surface area (Å²) in [5.74, 6) is 0. The molecule has 102 valence electrons. The van der Waals surface area contributed by atoms with Gasteiger partial charge in [-0.05, 0) is 35.9 Å². The Morgan fingerprint density at radius 3 is 2.76 bits per heavy atom. The SMILES string of the molecule is Brc1cccc2c1ccn2Cc1ccnc2ccccc12. The van der Waals surface area contributed by atoms with Crippen LogP contribution in [0.15, 0.2) is 71.5 Å². The number of para-hydroxylation sites is 1. The Kier molecular flexibility index (Phi) is 3.00. The summed E-state index contributed by atoms with van der Waals surface area (Å²) in [6.07, 6.45) is 4.03. The Morgan fingerprint density at radius 1 is 0.905 bits per heavy atom. The molecule has 2 aromatic carbocycles. The van der Waals surface area contributed by atoms with E-state index in [1.54, 1.807) is 0 Å². The molecule has 2 aromatic heterocycles. The summed E-state index contributed by atoms with van der Waals surface area (Å²) in [6, 6.07) is 18.9. The standard InChI is InChI=1S/C18H13BrN2/c19-16-5-3-7-18-15(16)9-11-21(18)12-13-8-10-20-17-6-2-1-4-14(13)17/h1-11H,12H2. The number of nitrogens with zero attached hydrogens (tertiary/aromatic N) is 2. The maximum Gasteiger partial charge on any atom is 0.0705 e. The monoisotopic (exact) mass is 336 g/mol. The minimum Gasteiger partial charge on any atom is -0.343 e. The lowest BCUT2D eigenvalue weighted by Gasteiger charge is -2.09. The molecule has 0 aliphatic heterocycles. The summed E-state index contributed by atoms with van der Waals surface area (Å²) in [5, 5.41) is 2.47. The highest BCUT2D eigenvalue weighted by Gasteiger charge is 2.06. The van der Waals surface area contributed by atoms with Gasteiger partial charge < -0.3 is 4.57 Å². The number of fused-ring (bicyclic) bond motifs is 2. The lowest BCUT2D eigenvalue weighted by molar-refractivity contribution is 0.842. The molecular weight excluding hydrogens is 324 g/mol. The Balaban J connectivity index is 1.85. The molecule has 0 atom stereocenters. The van der Waals surface area contributed by atoms with Crippen LogP contribution in [0.1, 0.15) is 5.56 Å². The summed E-state index contributed by atoms with van der Waals surface area (Å²) in [6.45, 7) is 0.850. The summed E-state index contributed by atoms with van der Waals surface area (Å²) in [4.78, 5) is 4.43. The van der Waals surface area contributed by atoms with E-state index < -0.39 is 0 Å². The van der Waals surface area contributed by atoms with E-state index in [0.717, 1.165) is 16.5 Å². The molecule has 0 N–H and O–H groups in total. The van der Waals surface area contributed by atoms with E-state index in [9.17, 15) is 0 Å². The number of pyridine rings is 1. The van der Waals surface area contributed by atoms with Gasteiger partial charge in [-0.2, -0.15) is 0 Å². The smallest absolute Gasteiger partial charge is 0.0705 e. The number of benzene rings is 2. The molecule has 0 radical (unpaired) electrons. The van der Waals surface area contributed by atoms with Crippen molar-refractivity contribution in [3.05, 3.63) is 77.0 Å². The van der Waals surface area contributed by atoms with Crippen LogP contribution in [-0.2, 0) is 6.54 Å². The molecule has 0 aliphatic rings. The van der Waals surface area contributed by atoms with E-state index in [4.69, 9.17) is 0 Å². The number of hydrogen-bond acceptors (Lipinski definition) is 1. The molecule has 0 saturated heterocycles. The average molecular weight is 337 g/mol. The molecule has 4 aromatic rings. The maximum absolute atomic E-state index is 4.43. The fraction of sp³-hybridized carbons (Fsp3) is 0.0556. The Labute approximate surface area is 131 Å². The van der Waals surface area contributed by atoms with Crippen LogP contribution in [0, 0.1) is 0 Å². The zero-order valence-corrected chi connectivity index (χ0v) is 12.9. The normalized spacial score (nSPS) is 11.3. The predicted molar refractivity (Wildman–Crippen MR) is 90.5 cm³/mol. The van der Waals surface area contributed by atoms with Crippen molar-refractivity contribution < 1.29 is 0 Å². The molecule has 2 nitrogen and oxygen atoms in total. The van der Waals surface area contributed by atoms with Crippen LogP contribution >= 0.6 is 15.9 Å². The van der Waals surface area contributed by atoms with Crippen molar-refractivity contribution >= 4 is 37.7 Å². The molecule has 0 bridgehead atoms. The molecule has 4 rings (SSSR count). The lowest BCUT2D eigenvalue weighted by atomic mass is 10.1. The van der Waals surface area contributed by atoms with E-state index in [0.29, 0.717) is 0 Å². The van der Waals surface area contributed by atoms with Gasteiger partial charge in [-0.3, -0.25) is 4.98 Å².